The van der Waals surface area contributed by atoms with Crippen LogP contribution in [-0.2, 0) is 16.0 Å². The monoisotopic (exact) mass is 387 g/mol. The Morgan fingerprint density at radius 1 is 1.00 bits per heavy atom. The Bertz CT molecular complexity index is 849. The second-order valence-corrected chi connectivity index (χ2v) is 5.95. The van der Waals surface area contributed by atoms with Crippen molar-refractivity contribution >= 4 is 17.6 Å². The summed E-state index contributed by atoms with van der Waals surface area (Å²) in [6.45, 7) is 3.65. The van der Waals surface area contributed by atoms with Crippen LogP contribution in [0.3, 0.4) is 0 Å². The number of methoxy groups -OCH3 is 3. The van der Waals surface area contributed by atoms with Gasteiger partial charge in [-0.05, 0) is 25.0 Å². The standard InChI is InChI=1S/C21H25NO6/c1-6-14-9-7-8-10-17(14)28-13(2)20(23)22-16-12-19(26-4)18(25-3)11-15(16)21(24)27-5/h7-13H,6H2,1-5H3,(H,22,23)/t13-/m1/s1. The minimum atomic E-state index is -0.786. The molecule has 0 radical (unpaired) electrons. The fraction of sp³-hybridized carbons (Fsp3) is 0.333. The van der Waals surface area contributed by atoms with Crippen molar-refractivity contribution in [1.29, 1.82) is 0 Å². The summed E-state index contributed by atoms with van der Waals surface area (Å²) >= 11 is 0. The third-order valence-electron chi connectivity index (χ3n) is 4.21. The Balaban J connectivity index is 2.27. The van der Waals surface area contributed by atoms with E-state index in [0.29, 0.717) is 17.2 Å². The van der Waals surface area contributed by atoms with Crippen molar-refractivity contribution in [3.63, 3.8) is 0 Å². The molecular formula is C21H25NO6. The van der Waals surface area contributed by atoms with E-state index in [9.17, 15) is 9.59 Å². The molecule has 0 saturated carbocycles. The largest absolute Gasteiger partial charge is 0.493 e. The van der Waals surface area contributed by atoms with Crippen molar-refractivity contribution in [1.82, 2.24) is 0 Å². The molecule has 0 aromatic heterocycles. The minimum Gasteiger partial charge on any atom is -0.493 e. The normalized spacial score (nSPS) is 11.3. The van der Waals surface area contributed by atoms with Crippen LogP contribution in [0.4, 0.5) is 5.69 Å². The Morgan fingerprint density at radius 2 is 1.64 bits per heavy atom. The number of hydrogen-bond donors (Lipinski definition) is 1. The first-order valence-corrected chi connectivity index (χ1v) is 8.84. The summed E-state index contributed by atoms with van der Waals surface area (Å²) in [5, 5.41) is 2.71. The van der Waals surface area contributed by atoms with E-state index in [2.05, 4.69) is 5.32 Å². The summed E-state index contributed by atoms with van der Waals surface area (Å²) in [4.78, 5) is 24.8. The van der Waals surface area contributed by atoms with E-state index in [1.54, 1.807) is 6.92 Å². The lowest BCUT2D eigenvalue weighted by Crippen LogP contribution is -2.31. The van der Waals surface area contributed by atoms with Crippen molar-refractivity contribution in [2.45, 2.75) is 26.4 Å². The molecule has 1 N–H and O–H groups in total. The predicted molar refractivity (Wildman–Crippen MR) is 105 cm³/mol. The number of carbonyl (C=O) groups is 2. The molecule has 0 saturated heterocycles. The van der Waals surface area contributed by atoms with Gasteiger partial charge < -0.3 is 24.3 Å². The molecule has 1 atom stereocenters. The molecule has 0 spiro atoms. The van der Waals surface area contributed by atoms with Gasteiger partial charge in [0.1, 0.15) is 5.75 Å². The van der Waals surface area contributed by atoms with Gasteiger partial charge in [-0.25, -0.2) is 4.79 Å². The van der Waals surface area contributed by atoms with Crippen LogP contribution < -0.4 is 19.5 Å². The summed E-state index contributed by atoms with van der Waals surface area (Å²) in [7, 11) is 4.19. The third-order valence-corrected chi connectivity index (χ3v) is 4.21. The maximum atomic E-state index is 12.7. The molecule has 0 heterocycles. The van der Waals surface area contributed by atoms with E-state index in [1.807, 2.05) is 31.2 Å². The van der Waals surface area contributed by atoms with E-state index >= 15 is 0 Å². The van der Waals surface area contributed by atoms with Crippen molar-refractivity contribution in [2.24, 2.45) is 0 Å². The fourth-order valence-corrected chi connectivity index (χ4v) is 2.65. The van der Waals surface area contributed by atoms with Crippen molar-refractivity contribution in [2.75, 3.05) is 26.6 Å². The SMILES string of the molecule is CCc1ccccc1O[C@H](C)C(=O)Nc1cc(OC)c(OC)cc1C(=O)OC. The molecule has 2 aromatic rings. The molecule has 0 fully saturated rings. The summed E-state index contributed by atoms with van der Waals surface area (Å²) in [5.74, 6) is 0.343. The summed E-state index contributed by atoms with van der Waals surface area (Å²) < 4.78 is 21.1. The highest BCUT2D eigenvalue weighted by atomic mass is 16.5. The zero-order valence-corrected chi connectivity index (χ0v) is 16.7. The van der Waals surface area contributed by atoms with Gasteiger partial charge in [-0.15, -0.1) is 0 Å². The van der Waals surface area contributed by atoms with Gasteiger partial charge in [0.05, 0.1) is 32.6 Å². The van der Waals surface area contributed by atoms with Gasteiger partial charge in [0.15, 0.2) is 17.6 Å². The van der Waals surface area contributed by atoms with E-state index in [-0.39, 0.29) is 11.3 Å². The number of amides is 1. The quantitative estimate of drug-likeness (QED) is 0.699. The van der Waals surface area contributed by atoms with Crippen LogP contribution in [0.1, 0.15) is 29.8 Å². The second-order valence-electron chi connectivity index (χ2n) is 5.95. The molecule has 1 amide bonds. The maximum absolute atomic E-state index is 12.7. The molecule has 0 aliphatic rings. The van der Waals surface area contributed by atoms with Crippen LogP contribution in [0.15, 0.2) is 36.4 Å². The first-order valence-electron chi connectivity index (χ1n) is 8.84. The van der Waals surface area contributed by atoms with Crippen LogP contribution >= 0.6 is 0 Å². The molecule has 0 unspecified atom stereocenters. The number of carbonyl (C=O) groups excluding carboxylic acids is 2. The molecule has 0 aliphatic heterocycles. The number of para-hydroxylation sites is 1. The molecule has 0 bridgehead atoms. The van der Waals surface area contributed by atoms with Crippen molar-refractivity contribution < 1.29 is 28.5 Å². The lowest BCUT2D eigenvalue weighted by Gasteiger charge is -2.19. The molecule has 7 nitrogen and oxygen atoms in total. The highest BCUT2D eigenvalue weighted by Gasteiger charge is 2.22. The maximum Gasteiger partial charge on any atom is 0.340 e. The smallest absolute Gasteiger partial charge is 0.340 e. The van der Waals surface area contributed by atoms with Crippen molar-refractivity contribution in [3.05, 3.63) is 47.5 Å². The summed E-state index contributed by atoms with van der Waals surface area (Å²) in [6.07, 6.45) is -0.00143. The van der Waals surface area contributed by atoms with Crippen LogP contribution in [0.2, 0.25) is 0 Å². The Morgan fingerprint density at radius 3 is 2.25 bits per heavy atom. The lowest BCUT2D eigenvalue weighted by molar-refractivity contribution is -0.122. The molecule has 2 aromatic carbocycles. The van der Waals surface area contributed by atoms with Gasteiger partial charge in [-0.1, -0.05) is 25.1 Å². The second kappa shape index (κ2) is 9.64. The third kappa shape index (κ3) is 4.73. The number of rotatable bonds is 8. The molecule has 2 rings (SSSR count). The number of aryl methyl sites for hydroxylation is 1. The first-order chi connectivity index (χ1) is 13.4. The van der Waals surface area contributed by atoms with E-state index in [0.717, 1.165) is 12.0 Å². The van der Waals surface area contributed by atoms with Gasteiger partial charge in [-0.3, -0.25) is 4.79 Å². The number of hydrogen-bond acceptors (Lipinski definition) is 6. The lowest BCUT2D eigenvalue weighted by atomic mass is 10.1. The minimum absolute atomic E-state index is 0.148. The highest BCUT2D eigenvalue weighted by Crippen LogP contribution is 2.34. The number of benzene rings is 2. The van der Waals surface area contributed by atoms with Crippen LogP contribution in [0.25, 0.3) is 0 Å². The Hall–Kier alpha value is -3.22. The number of esters is 1. The van der Waals surface area contributed by atoms with Crippen LogP contribution in [0, 0.1) is 0 Å². The number of ether oxygens (including phenoxy) is 4. The van der Waals surface area contributed by atoms with Crippen LogP contribution in [-0.4, -0.2) is 39.3 Å². The van der Waals surface area contributed by atoms with E-state index in [1.165, 1.54) is 33.5 Å². The highest BCUT2D eigenvalue weighted by molar-refractivity contribution is 6.03. The zero-order valence-electron chi connectivity index (χ0n) is 16.7. The van der Waals surface area contributed by atoms with Gasteiger partial charge in [-0.2, -0.15) is 0 Å². The summed E-state index contributed by atoms with van der Waals surface area (Å²) in [6, 6.07) is 10.5. The van der Waals surface area contributed by atoms with Crippen molar-refractivity contribution in [3.8, 4) is 17.2 Å². The first kappa shape index (κ1) is 21.1. The zero-order chi connectivity index (χ0) is 20.7. The van der Waals surface area contributed by atoms with E-state index in [4.69, 9.17) is 18.9 Å². The van der Waals surface area contributed by atoms with Crippen LogP contribution in [0.5, 0.6) is 17.2 Å². The van der Waals surface area contributed by atoms with Gasteiger partial charge >= 0.3 is 5.97 Å². The van der Waals surface area contributed by atoms with Gasteiger partial charge in [0.2, 0.25) is 0 Å². The molecule has 7 heteroatoms. The number of nitrogens with one attached hydrogen (secondary N) is 1. The Labute approximate surface area is 164 Å². The summed E-state index contributed by atoms with van der Waals surface area (Å²) in [5.41, 5.74) is 1.40. The Kier molecular flexibility index (Phi) is 7.26. The van der Waals surface area contributed by atoms with E-state index < -0.39 is 18.0 Å². The fourth-order valence-electron chi connectivity index (χ4n) is 2.65. The number of anilines is 1. The molecule has 28 heavy (non-hydrogen) atoms. The molecule has 0 aliphatic carbocycles. The molecular weight excluding hydrogens is 362 g/mol. The van der Waals surface area contributed by atoms with Gasteiger partial charge in [0, 0.05) is 12.1 Å². The predicted octanol–water partition coefficient (Wildman–Crippen LogP) is 3.46. The molecule has 150 valence electrons. The van der Waals surface area contributed by atoms with Gasteiger partial charge in [0.25, 0.3) is 5.91 Å². The average Bonchev–Trinajstić information content (AvgIpc) is 2.72. The average molecular weight is 387 g/mol. The topological polar surface area (TPSA) is 83.1 Å².